The summed E-state index contributed by atoms with van der Waals surface area (Å²) in [6.45, 7) is 2.00. The second-order valence-electron chi connectivity index (χ2n) is 5.17. The molecule has 2 aromatic carbocycles. The zero-order valence-electron chi connectivity index (χ0n) is 13.4. The highest BCUT2D eigenvalue weighted by molar-refractivity contribution is 7.98. The van der Waals surface area contributed by atoms with Crippen LogP contribution in [0.3, 0.4) is 0 Å². The Morgan fingerprint density at radius 2 is 2.00 bits per heavy atom. The summed E-state index contributed by atoms with van der Waals surface area (Å²) in [5.74, 6) is 0.792. The van der Waals surface area contributed by atoms with E-state index in [0.29, 0.717) is 22.4 Å². The van der Waals surface area contributed by atoms with Crippen molar-refractivity contribution in [2.75, 3.05) is 7.11 Å². The van der Waals surface area contributed by atoms with Gasteiger partial charge in [0.15, 0.2) is 0 Å². The summed E-state index contributed by atoms with van der Waals surface area (Å²) in [5.41, 5.74) is 3.54. The minimum atomic E-state index is -0.346. The molecule has 6 heteroatoms. The predicted octanol–water partition coefficient (Wildman–Crippen LogP) is 4.12. The maximum atomic E-state index is 11.6. The lowest BCUT2D eigenvalue weighted by atomic mass is 10.1. The molecular weight excluding hydrogens is 324 g/mol. The first kappa shape index (κ1) is 16.3. The molecule has 0 aliphatic carbocycles. The molecule has 0 atom stereocenters. The third kappa shape index (κ3) is 3.65. The van der Waals surface area contributed by atoms with Crippen molar-refractivity contribution in [2.24, 2.45) is 0 Å². The summed E-state index contributed by atoms with van der Waals surface area (Å²) >= 11 is 1.43. The van der Waals surface area contributed by atoms with Gasteiger partial charge in [0.25, 0.3) is 5.22 Å². The van der Waals surface area contributed by atoms with Crippen LogP contribution in [0.2, 0.25) is 0 Å². The summed E-state index contributed by atoms with van der Waals surface area (Å²) < 4.78 is 10.5. The molecule has 0 aliphatic rings. The van der Waals surface area contributed by atoms with Crippen LogP contribution in [0.5, 0.6) is 0 Å². The zero-order chi connectivity index (χ0) is 16.9. The van der Waals surface area contributed by atoms with Gasteiger partial charge in [0.2, 0.25) is 5.89 Å². The van der Waals surface area contributed by atoms with Crippen molar-refractivity contribution < 1.29 is 13.9 Å². The number of carbonyl (C=O) groups is 1. The van der Waals surface area contributed by atoms with Crippen molar-refractivity contribution >= 4 is 17.7 Å². The minimum absolute atomic E-state index is 0.346. The molecule has 0 aliphatic heterocycles. The van der Waals surface area contributed by atoms with E-state index in [-0.39, 0.29) is 5.97 Å². The van der Waals surface area contributed by atoms with Crippen molar-refractivity contribution in [3.8, 4) is 11.5 Å². The number of aromatic nitrogens is 2. The molecule has 0 radical (unpaired) electrons. The lowest BCUT2D eigenvalue weighted by molar-refractivity contribution is 0.0600. The number of hydrogen-bond acceptors (Lipinski definition) is 6. The van der Waals surface area contributed by atoms with Crippen molar-refractivity contribution in [1.82, 2.24) is 10.2 Å². The lowest BCUT2D eigenvalue weighted by Gasteiger charge is -2.02. The van der Waals surface area contributed by atoms with Gasteiger partial charge in [-0.2, -0.15) is 0 Å². The third-order valence-electron chi connectivity index (χ3n) is 3.49. The van der Waals surface area contributed by atoms with Gasteiger partial charge in [-0.25, -0.2) is 4.79 Å². The van der Waals surface area contributed by atoms with Gasteiger partial charge in [-0.05, 0) is 36.2 Å². The molecule has 24 heavy (non-hydrogen) atoms. The fourth-order valence-electron chi connectivity index (χ4n) is 2.24. The molecule has 0 saturated carbocycles. The van der Waals surface area contributed by atoms with Crippen molar-refractivity contribution in [3.05, 3.63) is 65.2 Å². The highest BCUT2D eigenvalue weighted by atomic mass is 32.2. The maximum absolute atomic E-state index is 11.6. The van der Waals surface area contributed by atoms with Gasteiger partial charge < -0.3 is 9.15 Å². The molecule has 5 nitrogen and oxygen atoms in total. The standard InChI is InChI=1S/C18H16N2O3S/c1-12-6-3-4-9-15(12)16-19-20-18(23-16)24-11-13-7-5-8-14(10-13)17(21)22-2/h3-10H,11H2,1-2H3. The second kappa shape index (κ2) is 7.31. The van der Waals surface area contributed by atoms with Gasteiger partial charge in [0.1, 0.15) is 0 Å². The average Bonchev–Trinajstić information content (AvgIpc) is 3.08. The van der Waals surface area contributed by atoms with Crippen LogP contribution in [-0.2, 0) is 10.5 Å². The van der Waals surface area contributed by atoms with E-state index in [0.717, 1.165) is 16.7 Å². The quantitative estimate of drug-likeness (QED) is 0.514. The first-order valence-corrected chi connectivity index (χ1v) is 8.35. The van der Waals surface area contributed by atoms with Gasteiger partial charge in [-0.3, -0.25) is 0 Å². The molecule has 0 fully saturated rings. The largest absolute Gasteiger partial charge is 0.465 e. The number of thioether (sulfide) groups is 1. The molecule has 122 valence electrons. The number of hydrogen-bond donors (Lipinski definition) is 0. The molecular formula is C18H16N2O3S. The van der Waals surface area contributed by atoms with Crippen LogP contribution >= 0.6 is 11.8 Å². The minimum Gasteiger partial charge on any atom is -0.465 e. The summed E-state index contributed by atoms with van der Waals surface area (Å²) in [7, 11) is 1.37. The molecule has 3 aromatic rings. The number of benzene rings is 2. The first-order valence-electron chi connectivity index (χ1n) is 7.37. The van der Waals surface area contributed by atoms with Crippen molar-refractivity contribution in [3.63, 3.8) is 0 Å². The number of carbonyl (C=O) groups excluding carboxylic acids is 1. The Morgan fingerprint density at radius 1 is 1.17 bits per heavy atom. The maximum Gasteiger partial charge on any atom is 0.337 e. The topological polar surface area (TPSA) is 65.2 Å². The average molecular weight is 340 g/mol. The Hall–Kier alpha value is -2.60. The monoisotopic (exact) mass is 340 g/mol. The van der Waals surface area contributed by atoms with E-state index in [1.54, 1.807) is 12.1 Å². The summed E-state index contributed by atoms with van der Waals surface area (Å²) in [5, 5.41) is 8.68. The molecule has 0 N–H and O–H groups in total. The van der Waals surface area contributed by atoms with E-state index >= 15 is 0 Å². The summed E-state index contributed by atoms with van der Waals surface area (Å²) in [6, 6.07) is 15.2. The third-order valence-corrected chi connectivity index (χ3v) is 4.38. The van der Waals surface area contributed by atoms with Crippen LogP contribution in [0.25, 0.3) is 11.5 Å². The SMILES string of the molecule is COC(=O)c1cccc(CSc2nnc(-c3ccccc3C)o2)c1. The van der Waals surface area contributed by atoms with E-state index in [9.17, 15) is 4.79 Å². The molecule has 0 bridgehead atoms. The fourth-order valence-corrected chi connectivity index (χ4v) is 2.95. The van der Waals surface area contributed by atoms with Crippen molar-refractivity contribution in [1.29, 1.82) is 0 Å². The Kier molecular flexibility index (Phi) is 4.96. The Morgan fingerprint density at radius 3 is 2.79 bits per heavy atom. The van der Waals surface area contributed by atoms with E-state index in [4.69, 9.17) is 9.15 Å². The van der Waals surface area contributed by atoms with Crippen LogP contribution in [0, 0.1) is 6.92 Å². The molecule has 0 spiro atoms. The first-order chi connectivity index (χ1) is 11.7. The number of methoxy groups -OCH3 is 1. The number of ether oxygens (including phenoxy) is 1. The number of rotatable bonds is 5. The molecule has 3 rings (SSSR count). The highest BCUT2D eigenvalue weighted by Crippen LogP contribution is 2.27. The molecule has 1 aromatic heterocycles. The van der Waals surface area contributed by atoms with E-state index in [1.807, 2.05) is 43.3 Å². The van der Waals surface area contributed by atoms with Crippen LogP contribution in [0.15, 0.2) is 58.2 Å². The molecule has 1 heterocycles. The molecule has 0 amide bonds. The van der Waals surface area contributed by atoms with E-state index < -0.39 is 0 Å². The Balaban J connectivity index is 1.70. The van der Waals surface area contributed by atoms with Gasteiger partial charge >= 0.3 is 5.97 Å². The molecule has 0 saturated heterocycles. The highest BCUT2D eigenvalue weighted by Gasteiger charge is 2.12. The normalized spacial score (nSPS) is 10.6. The van der Waals surface area contributed by atoms with Gasteiger partial charge in [0.05, 0.1) is 12.7 Å². The van der Waals surface area contributed by atoms with Gasteiger partial charge in [-0.1, -0.05) is 42.1 Å². The fraction of sp³-hybridized carbons (Fsp3) is 0.167. The van der Waals surface area contributed by atoms with Crippen LogP contribution in [-0.4, -0.2) is 23.3 Å². The number of nitrogens with zero attached hydrogens (tertiary/aromatic N) is 2. The van der Waals surface area contributed by atoms with Gasteiger partial charge in [0, 0.05) is 11.3 Å². The second-order valence-corrected chi connectivity index (χ2v) is 6.10. The number of esters is 1. The van der Waals surface area contributed by atoms with E-state index in [2.05, 4.69) is 10.2 Å². The molecule has 0 unspecified atom stereocenters. The summed E-state index contributed by atoms with van der Waals surface area (Å²) in [4.78, 5) is 11.6. The lowest BCUT2D eigenvalue weighted by Crippen LogP contribution is -2.01. The smallest absolute Gasteiger partial charge is 0.337 e. The summed E-state index contributed by atoms with van der Waals surface area (Å²) in [6.07, 6.45) is 0. The van der Waals surface area contributed by atoms with Crippen molar-refractivity contribution in [2.45, 2.75) is 17.9 Å². The van der Waals surface area contributed by atoms with Gasteiger partial charge in [-0.15, -0.1) is 10.2 Å². The van der Waals surface area contributed by atoms with Crippen LogP contribution in [0.4, 0.5) is 0 Å². The number of aryl methyl sites for hydroxylation is 1. The van der Waals surface area contributed by atoms with Crippen LogP contribution in [0.1, 0.15) is 21.5 Å². The van der Waals surface area contributed by atoms with Crippen LogP contribution < -0.4 is 0 Å². The zero-order valence-corrected chi connectivity index (χ0v) is 14.2. The Labute approximate surface area is 144 Å². The predicted molar refractivity (Wildman–Crippen MR) is 91.8 cm³/mol. The Bertz CT molecular complexity index is 861. The van der Waals surface area contributed by atoms with E-state index in [1.165, 1.54) is 18.9 Å².